The minimum atomic E-state index is -0.300. The number of aromatic amines is 1. The smallest absolute Gasteiger partial charge is 0.342 e. The predicted molar refractivity (Wildman–Crippen MR) is 82.5 cm³/mol. The number of amides is 1. The van der Waals surface area contributed by atoms with Crippen molar-refractivity contribution in [3.63, 3.8) is 0 Å². The molecule has 0 saturated carbocycles. The van der Waals surface area contributed by atoms with Gasteiger partial charge < -0.3 is 4.90 Å². The van der Waals surface area contributed by atoms with Crippen molar-refractivity contribution in [3.05, 3.63) is 52.0 Å². The zero-order chi connectivity index (χ0) is 16.4. The van der Waals surface area contributed by atoms with Gasteiger partial charge in [0.2, 0.25) is 5.91 Å². The van der Waals surface area contributed by atoms with Crippen LogP contribution in [-0.4, -0.2) is 38.7 Å². The van der Waals surface area contributed by atoms with Crippen molar-refractivity contribution in [2.45, 2.75) is 25.2 Å². The molecule has 1 aliphatic rings. The second kappa shape index (κ2) is 6.36. The molecule has 0 radical (unpaired) electrons. The van der Waals surface area contributed by atoms with Gasteiger partial charge in [0.05, 0.1) is 6.42 Å². The van der Waals surface area contributed by atoms with Crippen LogP contribution in [0.1, 0.15) is 30.1 Å². The molecule has 1 saturated heterocycles. The summed E-state index contributed by atoms with van der Waals surface area (Å²) in [6.07, 6.45) is 1.84. The van der Waals surface area contributed by atoms with Crippen LogP contribution in [0.25, 0.3) is 0 Å². The Balaban J connectivity index is 1.56. The fraction of sp³-hybridized carbons (Fsp3) is 0.438. The largest absolute Gasteiger partial charge is 0.343 e. The first kappa shape index (κ1) is 15.5. The Hall–Kier alpha value is -2.44. The summed E-state index contributed by atoms with van der Waals surface area (Å²) < 4.78 is 14.2. The molecule has 1 N–H and O–H groups in total. The summed E-state index contributed by atoms with van der Waals surface area (Å²) in [7, 11) is 1.61. The van der Waals surface area contributed by atoms with Crippen molar-refractivity contribution >= 4 is 5.91 Å². The normalized spacial score (nSPS) is 15.8. The van der Waals surface area contributed by atoms with Gasteiger partial charge in [0.15, 0.2) is 0 Å². The van der Waals surface area contributed by atoms with Gasteiger partial charge in [-0.2, -0.15) is 5.10 Å². The number of nitrogens with zero attached hydrogens (tertiary/aromatic N) is 3. The fourth-order valence-corrected chi connectivity index (χ4v) is 2.90. The lowest BCUT2D eigenvalue weighted by molar-refractivity contribution is -0.131. The minimum Gasteiger partial charge on any atom is -0.342 e. The highest BCUT2D eigenvalue weighted by molar-refractivity contribution is 5.78. The van der Waals surface area contributed by atoms with Gasteiger partial charge in [-0.3, -0.25) is 9.78 Å². The molecule has 0 atom stereocenters. The number of carbonyl (C=O) groups excluding carboxylic acids is 1. The number of carbonyl (C=O) groups is 1. The maximum Gasteiger partial charge on any atom is 0.343 e. The van der Waals surface area contributed by atoms with E-state index < -0.39 is 0 Å². The highest BCUT2D eigenvalue weighted by Gasteiger charge is 2.26. The summed E-state index contributed by atoms with van der Waals surface area (Å²) >= 11 is 0. The summed E-state index contributed by atoms with van der Waals surface area (Å²) in [6, 6.07) is 6.01. The molecule has 7 heteroatoms. The first-order valence-corrected chi connectivity index (χ1v) is 7.68. The van der Waals surface area contributed by atoms with Crippen molar-refractivity contribution in [1.82, 2.24) is 19.7 Å². The second-order valence-electron chi connectivity index (χ2n) is 5.90. The highest BCUT2D eigenvalue weighted by atomic mass is 19.1. The van der Waals surface area contributed by atoms with Gasteiger partial charge in [0, 0.05) is 26.1 Å². The lowest BCUT2D eigenvalue weighted by atomic mass is 9.95. The Kier molecular flexibility index (Phi) is 4.27. The Morgan fingerprint density at radius 2 is 1.96 bits per heavy atom. The van der Waals surface area contributed by atoms with Crippen molar-refractivity contribution in [2.24, 2.45) is 7.05 Å². The molecule has 1 aromatic heterocycles. The number of hydrogen-bond donors (Lipinski definition) is 1. The number of rotatable bonds is 3. The summed E-state index contributed by atoms with van der Waals surface area (Å²) in [5.74, 6) is 0.623. The highest BCUT2D eigenvalue weighted by Crippen LogP contribution is 2.25. The van der Waals surface area contributed by atoms with E-state index in [0.29, 0.717) is 18.9 Å². The third kappa shape index (κ3) is 3.49. The molecule has 0 bridgehead atoms. The standard InChI is InChI=1S/C16H19FN4O2/c1-20-16(23)18-15(19-20)12-6-8-21(9-7-12)14(22)10-11-2-4-13(17)5-3-11/h2-5,12H,6-10H2,1H3,(H,18,19,23). The number of aromatic nitrogens is 3. The van der Waals surface area contributed by atoms with E-state index in [0.717, 1.165) is 18.4 Å². The Morgan fingerprint density at radius 1 is 1.30 bits per heavy atom. The van der Waals surface area contributed by atoms with E-state index in [2.05, 4.69) is 10.1 Å². The van der Waals surface area contributed by atoms with Crippen LogP contribution < -0.4 is 5.69 Å². The van der Waals surface area contributed by atoms with E-state index in [1.54, 1.807) is 19.2 Å². The van der Waals surface area contributed by atoms with Crippen molar-refractivity contribution in [3.8, 4) is 0 Å². The van der Waals surface area contributed by atoms with Gasteiger partial charge in [-0.1, -0.05) is 12.1 Å². The van der Waals surface area contributed by atoms with Gasteiger partial charge in [-0.15, -0.1) is 0 Å². The van der Waals surface area contributed by atoms with Crippen molar-refractivity contribution in [2.75, 3.05) is 13.1 Å². The number of H-pyrrole nitrogens is 1. The summed E-state index contributed by atoms with van der Waals surface area (Å²) in [6.45, 7) is 1.28. The van der Waals surface area contributed by atoms with Crippen LogP contribution in [0, 0.1) is 5.82 Å². The molecule has 0 spiro atoms. The molecule has 122 valence electrons. The molecule has 3 rings (SSSR count). The first-order chi connectivity index (χ1) is 11.0. The van der Waals surface area contributed by atoms with Crippen LogP contribution in [0.4, 0.5) is 4.39 Å². The quantitative estimate of drug-likeness (QED) is 0.924. The molecule has 23 heavy (non-hydrogen) atoms. The lowest BCUT2D eigenvalue weighted by Gasteiger charge is -2.31. The molecule has 1 fully saturated rings. The third-order valence-corrected chi connectivity index (χ3v) is 4.29. The van der Waals surface area contributed by atoms with E-state index in [4.69, 9.17) is 0 Å². The Labute approximate surface area is 132 Å². The summed E-state index contributed by atoms with van der Waals surface area (Å²) in [5.41, 5.74) is 0.599. The number of piperidine rings is 1. The summed E-state index contributed by atoms with van der Waals surface area (Å²) in [5, 5.41) is 4.19. The molecular weight excluding hydrogens is 299 g/mol. The van der Waals surface area contributed by atoms with Crippen LogP contribution in [-0.2, 0) is 18.3 Å². The molecule has 1 aliphatic heterocycles. The molecule has 1 aromatic carbocycles. The van der Waals surface area contributed by atoms with Gasteiger partial charge in [0.25, 0.3) is 0 Å². The van der Waals surface area contributed by atoms with Crippen molar-refractivity contribution < 1.29 is 9.18 Å². The van der Waals surface area contributed by atoms with E-state index in [9.17, 15) is 14.0 Å². The molecule has 2 aromatic rings. The molecule has 0 unspecified atom stereocenters. The maximum absolute atomic E-state index is 12.9. The number of likely N-dealkylation sites (tertiary alicyclic amines) is 1. The van der Waals surface area contributed by atoms with Crippen LogP contribution in [0.15, 0.2) is 29.1 Å². The van der Waals surface area contributed by atoms with Gasteiger partial charge in [-0.25, -0.2) is 13.9 Å². The van der Waals surface area contributed by atoms with E-state index >= 15 is 0 Å². The Morgan fingerprint density at radius 3 is 2.52 bits per heavy atom. The molecule has 1 amide bonds. The fourth-order valence-electron chi connectivity index (χ4n) is 2.90. The van der Waals surface area contributed by atoms with Crippen LogP contribution >= 0.6 is 0 Å². The molecule has 6 nitrogen and oxygen atoms in total. The number of halogens is 1. The van der Waals surface area contributed by atoms with Gasteiger partial charge in [-0.05, 0) is 30.5 Å². The van der Waals surface area contributed by atoms with Gasteiger partial charge in [0.1, 0.15) is 11.6 Å². The minimum absolute atomic E-state index is 0.0459. The third-order valence-electron chi connectivity index (χ3n) is 4.29. The van der Waals surface area contributed by atoms with Crippen LogP contribution in [0.2, 0.25) is 0 Å². The number of hydrogen-bond acceptors (Lipinski definition) is 3. The van der Waals surface area contributed by atoms with Crippen LogP contribution in [0.3, 0.4) is 0 Å². The average molecular weight is 318 g/mol. The monoisotopic (exact) mass is 318 g/mol. The summed E-state index contributed by atoms with van der Waals surface area (Å²) in [4.78, 5) is 28.3. The van der Waals surface area contributed by atoms with E-state index in [-0.39, 0.29) is 29.8 Å². The number of nitrogens with one attached hydrogen (secondary N) is 1. The maximum atomic E-state index is 12.9. The second-order valence-corrected chi connectivity index (χ2v) is 5.90. The lowest BCUT2D eigenvalue weighted by Crippen LogP contribution is -2.39. The molecule has 0 aliphatic carbocycles. The molecule has 2 heterocycles. The topological polar surface area (TPSA) is 71.0 Å². The van der Waals surface area contributed by atoms with Gasteiger partial charge >= 0.3 is 5.69 Å². The average Bonchev–Trinajstić information content (AvgIpc) is 2.89. The molecular formula is C16H19FN4O2. The zero-order valence-electron chi connectivity index (χ0n) is 13.0. The van der Waals surface area contributed by atoms with E-state index in [1.807, 2.05) is 4.90 Å². The van der Waals surface area contributed by atoms with E-state index in [1.165, 1.54) is 16.8 Å². The van der Waals surface area contributed by atoms with Crippen molar-refractivity contribution in [1.29, 1.82) is 0 Å². The number of aryl methyl sites for hydroxylation is 1. The SMILES string of the molecule is Cn1nc(C2CCN(C(=O)Cc3ccc(F)cc3)CC2)[nH]c1=O. The first-order valence-electron chi connectivity index (χ1n) is 7.68. The zero-order valence-corrected chi connectivity index (χ0v) is 13.0. The Bertz CT molecular complexity index is 742. The van der Waals surface area contributed by atoms with Crippen LogP contribution in [0.5, 0.6) is 0 Å². The number of benzene rings is 1. The predicted octanol–water partition coefficient (Wildman–Crippen LogP) is 1.20.